The van der Waals surface area contributed by atoms with Gasteiger partial charge >= 0.3 is 0 Å². The van der Waals surface area contributed by atoms with Gasteiger partial charge in [-0.1, -0.05) is 60.7 Å². The van der Waals surface area contributed by atoms with Crippen molar-refractivity contribution in [3.8, 4) is 5.75 Å². The van der Waals surface area contributed by atoms with Crippen LogP contribution in [0.1, 0.15) is 25.7 Å². The van der Waals surface area contributed by atoms with Crippen molar-refractivity contribution in [3.05, 3.63) is 107 Å². The molecule has 0 heterocycles. The Morgan fingerprint density at radius 2 is 1.44 bits per heavy atom. The van der Waals surface area contributed by atoms with Crippen LogP contribution in [-0.2, 0) is 0 Å². The fraction of sp³-hybridized carbons (Fsp3) is 0.200. The molecule has 0 amide bonds. The topological polar surface area (TPSA) is 9.23 Å². The Morgan fingerprint density at radius 3 is 2.07 bits per heavy atom. The van der Waals surface area contributed by atoms with Gasteiger partial charge in [0.2, 0.25) is 0 Å². The fourth-order valence-electron chi connectivity index (χ4n) is 3.75. The van der Waals surface area contributed by atoms with Crippen molar-refractivity contribution in [1.82, 2.24) is 0 Å². The third kappa shape index (κ3) is 3.81. The van der Waals surface area contributed by atoms with Crippen LogP contribution in [0.4, 0.5) is 0 Å². The van der Waals surface area contributed by atoms with Crippen LogP contribution in [0.5, 0.6) is 5.75 Å². The largest absolute Gasteiger partial charge is 0.462 e. The van der Waals surface area contributed by atoms with Crippen LogP contribution >= 0.6 is 10.0 Å². The second-order valence-electron chi connectivity index (χ2n) is 7.01. The lowest BCUT2D eigenvalue weighted by atomic mass is 10.1. The van der Waals surface area contributed by atoms with Gasteiger partial charge in [-0.15, -0.1) is 0 Å². The Morgan fingerprint density at radius 1 is 0.741 bits per heavy atom. The van der Waals surface area contributed by atoms with E-state index >= 15 is 0 Å². The first-order valence-electron chi connectivity index (χ1n) is 9.59. The summed E-state index contributed by atoms with van der Waals surface area (Å²) in [5.41, 5.74) is 0. The first kappa shape index (κ1) is 17.9. The van der Waals surface area contributed by atoms with Gasteiger partial charge in [0.05, 0.1) is 0 Å². The van der Waals surface area contributed by atoms with E-state index < -0.39 is 10.0 Å². The van der Waals surface area contributed by atoms with Gasteiger partial charge < -0.3 is 4.74 Å². The molecule has 0 N–H and O–H groups in total. The standard InChI is InChI=1S/C25H26OS/c1-27(23-13-7-3-8-14-23,24-15-9-4-10-16-24)25-19-17-22(18-20-25)26-21-11-5-2-6-12-21/h2-9,11-15,17,19H,10,16,18,20H2,1H3. The normalized spacial score (nSPS) is 20.0. The minimum absolute atomic E-state index is 0.916. The Bertz CT molecular complexity index is 906. The smallest absolute Gasteiger partial charge is 0.126 e. The highest BCUT2D eigenvalue weighted by atomic mass is 32.3. The van der Waals surface area contributed by atoms with Crippen molar-refractivity contribution in [2.75, 3.05) is 6.26 Å². The molecule has 0 spiro atoms. The summed E-state index contributed by atoms with van der Waals surface area (Å²) in [5, 5.41) is 0. The average molecular weight is 375 g/mol. The molecule has 0 radical (unpaired) electrons. The second kappa shape index (κ2) is 8.06. The van der Waals surface area contributed by atoms with E-state index in [0.29, 0.717) is 0 Å². The molecule has 0 saturated heterocycles. The number of ether oxygens (including phenoxy) is 1. The van der Waals surface area contributed by atoms with Crippen LogP contribution in [0.2, 0.25) is 0 Å². The van der Waals surface area contributed by atoms with Crippen LogP contribution in [0, 0.1) is 0 Å². The number of rotatable bonds is 5. The Balaban J connectivity index is 1.67. The highest BCUT2D eigenvalue weighted by Gasteiger charge is 2.30. The molecule has 0 aromatic heterocycles. The van der Waals surface area contributed by atoms with E-state index in [1.54, 1.807) is 9.81 Å². The van der Waals surface area contributed by atoms with E-state index in [1.165, 1.54) is 4.90 Å². The van der Waals surface area contributed by atoms with Gasteiger partial charge in [-0.3, -0.25) is 0 Å². The summed E-state index contributed by atoms with van der Waals surface area (Å²) in [6.45, 7) is 0. The molecule has 1 nitrogen and oxygen atoms in total. The molecule has 0 fully saturated rings. The molecule has 4 rings (SSSR count). The molecule has 2 aromatic carbocycles. The fourth-order valence-corrected chi connectivity index (χ4v) is 7.12. The van der Waals surface area contributed by atoms with E-state index in [0.717, 1.165) is 37.2 Å². The summed E-state index contributed by atoms with van der Waals surface area (Å²) < 4.78 is 6.07. The molecule has 2 heteroatoms. The predicted octanol–water partition coefficient (Wildman–Crippen LogP) is 7.35. The highest BCUT2D eigenvalue weighted by Crippen LogP contribution is 2.68. The Hall–Kier alpha value is -2.45. The van der Waals surface area contributed by atoms with Crippen LogP contribution in [-0.4, -0.2) is 6.26 Å². The summed E-state index contributed by atoms with van der Waals surface area (Å²) in [6, 6.07) is 21.1. The van der Waals surface area contributed by atoms with Crippen LogP contribution in [0.25, 0.3) is 0 Å². The maximum absolute atomic E-state index is 6.07. The lowest BCUT2D eigenvalue weighted by molar-refractivity contribution is 0.402. The monoisotopic (exact) mass is 374 g/mol. The number of hydrogen-bond acceptors (Lipinski definition) is 1. The molecular formula is C25H26OS. The van der Waals surface area contributed by atoms with Gasteiger partial charge in [-0.05, 0) is 70.6 Å². The van der Waals surface area contributed by atoms with E-state index in [1.807, 2.05) is 30.3 Å². The van der Waals surface area contributed by atoms with Gasteiger partial charge in [0.15, 0.2) is 0 Å². The molecule has 27 heavy (non-hydrogen) atoms. The van der Waals surface area contributed by atoms with Crippen molar-refractivity contribution in [2.24, 2.45) is 0 Å². The molecule has 1 unspecified atom stereocenters. The molecule has 2 aromatic rings. The predicted molar refractivity (Wildman–Crippen MR) is 117 cm³/mol. The third-order valence-corrected chi connectivity index (χ3v) is 9.30. The van der Waals surface area contributed by atoms with E-state index in [9.17, 15) is 0 Å². The maximum Gasteiger partial charge on any atom is 0.126 e. The minimum atomic E-state index is -1.15. The van der Waals surface area contributed by atoms with Gasteiger partial charge in [0, 0.05) is 6.42 Å². The first-order valence-corrected chi connectivity index (χ1v) is 11.6. The molecular weight excluding hydrogens is 348 g/mol. The summed E-state index contributed by atoms with van der Waals surface area (Å²) in [7, 11) is -1.15. The molecule has 0 bridgehead atoms. The van der Waals surface area contributed by atoms with Crippen LogP contribution in [0.3, 0.4) is 0 Å². The van der Waals surface area contributed by atoms with E-state index in [2.05, 4.69) is 67.0 Å². The average Bonchev–Trinajstić information content (AvgIpc) is 2.76. The molecule has 0 aliphatic heterocycles. The number of hydrogen-bond donors (Lipinski definition) is 0. The zero-order valence-corrected chi connectivity index (χ0v) is 16.6. The highest BCUT2D eigenvalue weighted by molar-refractivity contribution is 8.39. The molecule has 2 aliphatic rings. The van der Waals surface area contributed by atoms with Crippen molar-refractivity contribution in [1.29, 1.82) is 0 Å². The second-order valence-corrected chi connectivity index (χ2v) is 10.4. The quantitative estimate of drug-likeness (QED) is 0.531. The number of allylic oxidation sites excluding steroid dienone is 8. The SMILES string of the molecule is CS(C1=CC=CCC1)(C1=CC=C(Oc2ccccc2)CC1)c1ccccc1. The van der Waals surface area contributed by atoms with Gasteiger partial charge in [0.1, 0.15) is 11.5 Å². The summed E-state index contributed by atoms with van der Waals surface area (Å²) in [4.78, 5) is 4.59. The molecule has 138 valence electrons. The lowest BCUT2D eigenvalue weighted by Crippen LogP contribution is -2.10. The van der Waals surface area contributed by atoms with Gasteiger partial charge in [0.25, 0.3) is 0 Å². The van der Waals surface area contributed by atoms with Crippen molar-refractivity contribution in [2.45, 2.75) is 30.6 Å². The van der Waals surface area contributed by atoms with Crippen LogP contribution < -0.4 is 4.74 Å². The summed E-state index contributed by atoms with van der Waals surface area (Å²) in [6.07, 6.45) is 18.1. The van der Waals surface area contributed by atoms with Crippen molar-refractivity contribution in [3.63, 3.8) is 0 Å². The zero-order valence-electron chi connectivity index (χ0n) is 15.8. The summed E-state index contributed by atoms with van der Waals surface area (Å²) >= 11 is 0. The molecule has 2 aliphatic carbocycles. The Kier molecular flexibility index (Phi) is 5.35. The maximum atomic E-state index is 6.07. The third-order valence-electron chi connectivity index (χ3n) is 5.30. The molecule has 1 atom stereocenters. The van der Waals surface area contributed by atoms with Gasteiger partial charge in [-0.25, -0.2) is 0 Å². The van der Waals surface area contributed by atoms with Gasteiger partial charge in [-0.2, -0.15) is 10.0 Å². The minimum Gasteiger partial charge on any atom is -0.462 e. The first-order chi connectivity index (χ1) is 13.3. The zero-order chi connectivity index (χ0) is 18.5. The van der Waals surface area contributed by atoms with E-state index in [4.69, 9.17) is 4.74 Å². The van der Waals surface area contributed by atoms with Crippen molar-refractivity contribution >= 4 is 10.0 Å². The Labute approximate surface area is 164 Å². The van der Waals surface area contributed by atoms with Crippen molar-refractivity contribution < 1.29 is 4.74 Å². The lowest BCUT2D eigenvalue weighted by Gasteiger charge is -2.43. The molecule has 0 saturated carbocycles. The summed E-state index contributed by atoms with van der Waals surface area (Å²) in [5.74, 6) is 1.97. The van der Waals surface area contributed by atoms with E-state index in [-0.39, 0.29) is 0 Å². The number of para-hydroxylation sites is 1. The van der Waals surface area contributed by atoms with Crippen LogP contribution in [0.15, 0.2) is 112 Å². The number of benzene rings is 2.